The minimum atomic E-state index is -0.435. The standard InChI is InChI=1S/C18H18N4O3/c1-21(2)10-9-19-18(23)12-5-3-6-15-13(12)11-14-16(20-15)7-4-8-17(14)22(24)25/h3-8,11H,9-10H2,1-2H3,(H,19,23). The number of nitrogens with zero attached hydrogens (tertiary/aromatic N) is 3. The summed E-state index contributed by atoms with van der Waals surface area (Å²) in [7, 11) is 3.86. The molecule has 0 atom stereocenters. The van der Waals surface area contributed by atoms with Crippen LogP contribution in [0, 0.1) is 10.1 Å². The fourth-order valence-electron chi connectivity index (χ4n) is 2.71. The third kappa shape index (κ3) is 3.41. The number of nitro groups is 1. The summed E-state index contributed by atoms with van der Waals surface area (Å²) >= 11 is 0. The minimum absolute atomic E-state index is 0.0188. The van der Waals surface area contributed by atoms with Crippen molar-refractivity contribution in [3.05, 3.63) is 58.1 Å². The highest BCUT2D eigenvalue weighted by molar-refractivity contribution is 6.09. The molecule has 7 nitrogen and oxygen atoms in total. The van der Waals surface area contributed by atoms with Gasteiger partial charge in [-0.15, -0.1) is 0 Å². The molecule has 7 heteroatoms. The number of pyridine rings is 1. The quantitative estimate of drug-likeness (QED) is 0.439. The van der Waals surface area contributed by atoms with Gasteiger partial charge in [-0.1, -0.05) is 12.1 Å². The van der Waals surface area contributed by atoms with Crippen LogP contribution in [0.3, 0.4) is 0 Å². The lowest BCUT2D eigenvalue weighted by atomic mass is 10.0. The molecule has 3 aromatic rings. The summed E-state index contributed by atoms with van der Waals surface area (Å²) in [6.07, 6.45) is 0. The Kier molecular flexibility index (Phi) is 4.58. The Bertz CT molecular complexity index is 969. The van der Waals surface area contributed by atoms with Crippen molar-refractivity contribution in [3.63, 3.8) is 0 Å². The van der Waals surface area contributed by atoms with Crippen LogP contribution in [-0.4, -0.2) is 47.9 Å². The van der Waals surface area contributed by atoms with Crippen LogP contribution >= 0.6 is 0 Å². The van der Waals surface area contributed by atoms with Gasteiger partial charge in [0.05, 0.1) is 21.3 Å². The SMILES string of the molecule is CN(C)CCNC(=O)c1cccc2nc3cccc([N+](=O)[O-])c3cc12. The van der Waals surface area contributed by atoms with Gasteiger partial charge in [0.1, 0.15) is 0 Å². The van der Waals surface area contributed by atoms with Crippen LogP contribution in [0.2, 0.25) is 0 Å². The molecule has 1 heterocycles. The lowest BCUT2D eigenvalue weighted by Gasteiger charge is -2.12. The fourth-order valence-corrected chi connectivity index (χ4v) is 2.71. The Balaban J connectivity index is 2.09. The maximum absolute atomic E-state index is 12.5. The zero-order chi connectivity index (χ0) is 18.0. The van der Waals surface area contributed by atoms with Crippen LogP contribution in [0.4, 0.5) is 5.69 Å². The van der Waals surface area contributed by atoms with E-state index in [2.05, 4.69) is 10.3 Å². The van der Waals surface area contributed by atoms with E-state index in [1.54, 1.807) is 36.4 Å². The van der Waals surface area contributed by atoms with Crippen molar-refractivity contribution in [2.24, 2.45) is 0 Å². The lowest BCUT2D eigenvalue weighted by molar-refractivity contribution is -0.383. The van der Waals surface area contributed by atoms with Gasteiger partial charge in [0.15, 0.2) is 0 Å². The number of amides is 1. The molecule has 0 saturated heterocycles. The molecule has 0 aliphatic rings. The molecule has 128 valence electrons. The second-order valence-electron chi connectivity index (χ2n) is 6.02. The van der Waals surface area contributed by atoms with Crippen LogP contribution in [0.15, 0.2) is 42.5 Å². The zero-order valence-electron chi connectivity index (χ0n) is 14.0. The monoisotopic (exact) mass is 338 g/mol. The van der Waals surface area contributed by atoms with Crippen LogP contribution in [0.25, 0.3) is 21.8 Å². The fraction of sp³-hybridized carbons (Fsp3) is 0.222. The van der Waals surface area contributed by atoms with Crippen LogP contribution in [-0.2, 0) is 0 Å². The Morgan fingerprint density at radius 2 is 1.84 bits per heavy atom. The summed E-state index contributed by atoms with van der Waals surface area (Å²) in [4.78, 5) is 29.8. The number of aromatic nitrogens is 1. The summed E-state index contributed by atoms with van der Waals surface area (Å²) in [5, 5.41) is 15.2. The van der Waals surface area contributed by atoms with Gasteiger partial charge in [-0.3, -0.25) is 14.9 Å². The van der Waals surface area contributed by atoms with Gasteiger partial charge in [-0.2, -0.15) is 0 Å². The number of nitrogens with one attached hydrogen (secondary N) is 1. The summed E-state index contributed by atoms with van der Waals surface area (Å²) in [6.45, 7) is 1.24. The van der Waals surface area contributed by atoms with Gasteiger partial charge in [-0.25, -0.2) is 4.98 Å². The summed E-state index contributed by atoms with van der Waals surface area (Å²) in [5.74, 6) is -0.216. The van der Waals surface area contributed by atoms with Crippen LogP contribution in [0.5, 0.6) is 0 Å². The lowest BCUT2D eigenvalue weighted by Crippen LogP contribution is -2.31. The highest BCUT2D eigenvalue weighted by atomic mass is 16.6. The van der Waals surface area contributed by atoms with Crippen molar-refractivity contribution >= 4 is 33.4 Å². The van der Waals surface area contributed by atoms with Crippen molar-refractivity contribution in [2.45, 2.75) is 0 Å². The first-order valence-corrected chi connectivity index (χ1v) is 7.87. The van der Waals surface area contributed by atoms with Crippen molar-refractivity contribution in [1.29, 1.82) is 0 Å². The Hall–Kier alpha value is -3.06. The predicted molar refractivity (Wildman–Crippen MR) is 96.8 cm³/mol. The third-order valence-electron chi connectivity index (χ3n) is 3.96. The van der Waals surface area contributed by atoms with Gasteiger partial charge in [-0.05, 0) is 38.4 Å². The number of hydrogen-bond donors (Lipinski definition) is 1. The number of fused-ring (bicyclic) bond motifs is 2. The molecule has 0 spiro atoms. The molecule has 0 aliphatic heterocycles. The molecule has 0 saturated carbocycles. The third-order valence-corrected chi connectivity index (χ3v) is 3.96. The maximum atomic E-state index is 12.5. The topological polar surface area (TPSA) is 88.4 Å². The molecular weight excluding hydrogens is 320 g/mol. The zero-order valence-corrected chi connectivity index (χ0v) is 14.0. The average Bonchev–Trinajstić information content (AvgIpc) is 2.58. The molecule has 25 heavy (non-hydrogen) atoms. The smallest absolute Gasteiger partial charge is 0.278 e. The normalized spacial score (nSPS) is 11.2. The molecule has 0 bridgehead atoms. The van der Waals surface area contributed by atoms with Crippen LogP contribution in [0.1, 0.15) is 10.4 Å². The van der Waals surface area contributed by atoms with E-state index < -0.39 is 4.92 Å². The van der Waals surface area contributed by atoms with E-state index in [-0.39, 0.29) is 11.6 Å². The Morgan fingerprint density at radius 1 is 1.16 bits per heavy atom. The molecule has 1 aromatic heterocycles. The summed E-state index contributed by atoms with van der Waals surface area (Å²) in [5.41, 5.74) is 1.61. The molecule has 0 unspecified atom stereocenters. The number of carbonyl (C=O) groups is 1. The molecule has 0 fully saturated rings. The van der Waals surface area contributed by atoms with E-state index in [0.29, 0.717) is 33.9 Å². The first kappa shape index (κ1) is 16.8. The molecule has 0 aliphatic carbocycles. The largest absolute Gasteiger partial charge is 0.351 e. The van der Waals surface area contributed by atoms with Gasteiger partial charge in [0, 0.05) is 30.1 Å². The first-order valence-electron chi connectivity index (χ1n) is 7.87. The number of rotatable bonds is 5. The van der Waals surface area contributed by atoms with E-state index in [0.717, 1.165) is 6.54 Å². The average molecular weight is 338 g/mol. The number of carbonyl (C=O) groups excluding carboxylic acids is 1. The minimum Gasteiger partial charge on any atom is -0.351 e. The number of hydrogen-bond acceptors (Lipinski definition) is 5. The van der Waals surface area contributed by atoms with Gasteiger partial charge >= 0.3 is 0 Å². The van der Waals surface area contributed by atoms with Gasteiger partial charge < -0.3 is 10.2 Å². The molecule has 3 rings (SSSR count). The van der Waals surface area contributed by atoms with E-state index in [4.69, 9.17) is 0 Å². The highest BCUT2D eigenvalue weighted by Crippen LogP contribution is 2.29. The van der Waals surface area contributed by atoms with Crippen LogP contribution < -0.4 is 5.32 Å². The predicted octanol–water partition coefficient (Wildman–Crippen LogP) is 2.59. The van der Waals surface area contributed by atoms with Gasteiger partial charge in [0.25, 0.3) is 11.6 Å². The molecular formula is C18H18N4O3. The molecule has 0 radical (unpaired) electrons. The summed E-state index contributed by atoms with van der Waals surface area (Å²) < 4.78 is 0. The van der Waals surface area contributed by atoms with Crippen molar-refractivity contribution in [1.82, 2.24) is 15.2 Å². The van der Waals surface area contributed by atoms with E-state index in [1.807, 2.05) is 19.0 Å². The van der Waals surface area contributed by atoms with Crippen molar-refractivity contribution < 1.29 is 9.72 Å². The Morgan fingerprint density at radius 3 is 2.52 bits per heavy atom. The number of nitro benzene ring substituents is 1. The van der Waals surface area contributed by atoms with E-state index in [9.17, 15) is 14.9 Å². The van der Waals surface area contributed by atoms with Crippen molar-refractivity contribution in [2.75, 3.05) is 27.2 Å². The Labute approximate surface area is 144 Å². The number of non-ortho nitro benzene ring substituents is 1. The summed E-state index contributed by atoms with van der Waals surface area (Å²) in [6, 6.07) is 11.7. The first-order chi connectivity index (χ1) is 12.0. The van der Waals surface area contributed by atoms with Crippen molar-refractivity contribution in [3.8, 4) is 0 Å². The number of benzene rings is 2. The second kappa shape index (κ2) is 6.82. The maximum Gasteiger partial charge on any atom is 0.278 e. The number of likely N-dealkylation sites (N-methyl/N-ethyl adjacent to an activating group) is 1. The van der Waals surface area contributed by atoms with E-state index in [1.165, 1.54) is 6.07 Å². The van der Waals surface area contributed by atoms with E-state index >= 15 is 0 Å². The molecule has 1 N–H and O–H groups in total. The highest BCUT2D eigenvalue weighted by Gasteiger charge is 2.16. The second-order valence-corrected chi connectivity index (χ2v) is 6.02. The molecule has 2 aromatic carbocycles. The molecule has 1 amide bonds. The van der Waals surface area contributed by atoms with Gasteiger partial charge in [0.2, 0.25) is 0 Å².